The van der Waals surface area contributed by atoms with E-state index in [1.165, 1.54) is 0 Å². The SMILES string of the molecule is O=C(O)[C@H]1CCCC[C@@H]1c1nc2cc(OCc3nc4ccccc4s3)ccc2n1Cc1ccc(Br)cc1. The van der Waals surface area contributed by atoms with Gasteiger partial charge in [-0.15, -0.1) is 11.3 Å². The van der Waals surface area contributed by atoms with Crippen molar-refractivity contribution in [2.24, 2.45) is 5.92 Å². The molecule has 0 amide bonds. The van der Waals surface area contributed by atoms with E-state index >= 15 is 0 Å². The molecule has 2 atom stereocenters. The predicted molar refractivity (Wildman–Crippen MR) is 149 cm³/mol. The quantitative estimate of drug-likeness (QED) is 0.219. The van der Waals surface area contributed by atoms with Gasteiger partial charge in [0.05, 0.1) is 27.2 Å². The summed E-state index contributed by atoms with van der Waals surface area (Å²) in [5.74, 6) is 0.329. The van der Waals surface area contributed by atoms with Crippen molar-refractivity contribution >= 4 is 54.5 Å². The van der Waals surface area contributed by atoms with E-state index in [0.29, 0.717) is 19.6 Å². The fourth-order valence-corrected chi connectivity index (χ4v) is 6.45. The molecule has 3 aromatic carbocycles. The number of carboxylic acids is 1. The lowest BCUT2D eigenvalue weighted by molar-refractivity contribution is -0.143. The van der Waals surface area contributed by atoms with Gasteiger partial charge >= 0.3 is 5.97 Å². The third-order valence-electron chi connectivity index (χ3n) is 7.12. The van der Waals surface area contributed by atoms with Crippen molar-refractivity contribution in [3.05, 3.63) is 87.6 Å². The van der Waals surface area contributed by atoms with Crippen molar-refractivity contribution in [3.8, 4) is 5.75 Å². The number of para-hydroxylation sites is 1. The van der Waals surface area contributed by atoms with Gasteiger partial charge in [0, 0.05) is 23.0 Å². The first-order chi connectivity index (χ1) is 18.0. The minimum absolute atomic E-state index is 0.110. The number of fused-ring (bicyclic) bond motifs is 2. The number of aliphatic carboxylic acids is 1. The summed E-state index contributed by atoms with van der Waals surface area (Å²) in [6.45, 7) is 1.02. The molecule has 37 heavy (non-hydrogen) atoms. The second kappa shape index (κ2) is 10.3. The number of rotatable bonds is 7. The minimum Gasteiger partial charge on any atom is -0.486 e. The highest BCUT2D eigenvalue weighted by atomic mass is 79.9. The number of ether oxygens (including phenoxy) is 1. The summed E-state index contributed by atoms with van der Waals surface area (Å²) in [6.07, 6.45) is 3.50. The van der Waals surface area contributed by atoms with E-state index < -0.39 is 11.9 Å². The molecule has 0 radical (unpaired) electrons. The number of carbonyl (C=O) groups is 1. The molecule has 1 fully saturated rings. The van der Waals surface area contributed by atoms with Crippen molar-refractivity contribution in [1.82, 2.24) is 14.5 Å². The maximum Gasteiger partial charge on any atom is 0.307 e. The van der Waals surface area contributed by atoms with Crippen LogP contribution in [0.2, 0.25) is 0 Å². The molecule has 2 aromatic heterocycles. The summed E-state index contributed by atoms with van der Waals surface area (Å²) in [5.41, 5.74) is 3.93. The molecule has 8 heteroatoms. The van der Waals surface area contributed by atoms with Gasteiger partial charge < -0.3 is 14.4 Å². The number of carboxylic acid groups (broad SMARTS) is 1. The molecular weight excluding hydrogens is 550 g/mol. The van der Waals surface area contributed by atoms with E-state index in [-0.39, 0.29) is 5.92 Å². The molecule has 1 aliphatic rings. The summed E-state index contributed by atoms with van der Waals surface area (Å²) >= 11 is 5.15. The van der Waals surface area contributed by atoms with Gasteiger partial charge in [-0.05, 0) is 54.8 Å². The maximum atomic E-state index is 12.1. The number of thiazole rings is 1. The van der Waals surface area contributed by atoms with Crippen LogP contribution >= 0.6 is 27.3 Å². The van der Waals surface area contributed by atoms with E-state index in [2.05, 4.69) is 43.7 Å². The van der Waals surface area contributed by atoms with Crippen LogP contribution in [0.1, 0.15) is 48.0 Å². The van der Waals surface area contributed by atoms with Crippen LogP contribution in [0.25, 0.3) is 21.3 Å². The number of benzene rings is 3. The van der Waals surface area contributed by atoms with Gasteiger partial charge in [0.25, 0.3) is 0 Å². The van der Waals surface area contributed by atoms with Crippen molar-refractivity contribution in [2.75, 3.05) is 0 Å². The minimum atomic E-state index is -0.730. The van der Waals surface area contributed by atoms with Crippen molar-refractivity contribution in [1.29, 1.82) is 0 Å². The third kappa shape index (κ3) is 5.00. The molecular formula is C29H26BrN3O3S. The van der Waals surface area contributed by atoms with Gasteiger partial charge in [-0.25, -0.2) is 9.97 Å². The lowest BCUT2D eigenvalue weighted by atomic mass is 9.78. The van der Waals surface area contributed by atoms with Crippen LogP contribution in [0.4, 0.5) is 0 Å². The summed E-state index contributed by atoms with van der Waals surface area (Å²) in [6, 6.07) is 22.3. The molecule has 1 saturated carbocycles. The highest BCUT2D eigenvalue weighted by Gasteiger charge is 2.35. The largest absolute Gasteiger partial charge is 0.486 e. The monoisotopic (exact) mass is 575 g/mol. The highest BCUT2D eigenvalue weighted by molar-refractivity contribution is 9.10. The van der Waals surface area contributed by atoms with E-state index in [0.717, 1.165) is 67.1 Å². The number of nitrogens with zero attached hydrogens (tertiary/aromatic N) is 3. The zero-order chi connectivity index (χ0) is 25.4. The van der Waals surface area contributed by atoms with E-state index in [1.807, 2.05) is 48.5 Å². The molecule has 1 aliphatic carbocycles. The Hall–Kier alpha value is -3.23. The van der Waals surface area contributed by atoms with Crippen LogP contribution in [0, 0.1) is 5.92 Å². The third-order valence-corrected chi connectivity index (χ3v) is 8.66. The molecule has 0 spiro atoms. The smallest absolute Gasteiger partial charge is 0.307 e. The van der Waals surface area contributed by atoms with Crippen LogP contribution in [0.15, 0.2) is 71.2 Å². The molecule has 188 valence electrons. The Labute approximate surface area is 227 Å². The zero-order valence-corrected chi connectivity index (χ0v) is 22.5. The number of halogens is 1. The zero-order valence-electron chi connectivity index (χ0n) is 20.1. The van der Waals surface area contributed by atoms with Crippen LogP contribution < -0.4 is 4.74 Å². The molecule has 6 rings (SSSR count). The molecule has 0 saturated heterocycles. The fourth-order valence-electron chi connectivity index (χ4n) is 5.30. The Balaban J connectivity index is 1.34. The van der Waals surface area contributed by atoms with Gasteiger partial charge in [-0.3, -0.25) is 4.79 Å². The van der Waals surface area contributed by atoms with Gasteiger partial charge in [-0.2, -0.15) is 0 Å². The first-order valence-corrected chi connectivity index (χ1v) is 14.1. The second-order valence-corrected chi connectivity index (χ2v) is 11.6. The normalized spacial score (nSPS) is 17.9. The Morgan fingerprint density at radius 3 is 2.65 bits per heavy atom. The topological polar surface area (TPSA) is 77.2 Å². The average Bonchev–Trinajstić information content (AvgIpc) is 3.49. The summed E-state index contributed by atoms with van der Waals surface area (Å²) in [5, 5.41) is 10.9. The second-order valence-electron chi connectivity index (χ2n) is 9.53. The molecule has 5 aromatic rings. The van der Waals surface area contributed by atoms with Gasteiger partial charge in [-0.1, -0.05) is 53.0 Å². The van der Waals surface area contributed by atoms with Gasteiger partial charge in [0.2, 0.25) is 0 Å². The van der Waals surface area contributed by atoms with Crippen molar-refractivity contribution < 1.29 is 14.6 Å². The lowest BCUT2D eigenvalue weighted by Crippen LogP contribution is -2.27. The molecule has 0 unspecified atom stereocenters. The first-order valence-electron chi connectivity index (χ1n) is 12.5. The van der Waals surface area contributed by atoms with E-state index in [1.54, 1.807) is 11.3 Å². The Morgan fingerprint density at radius 2 is 1.84 bits per heavy atom. The van der Waals surface area contributed by atoms with E-state index in [9.17, 15) is 9.90 Å². The van der Waals surface area contributed by atoms with Crippen LogP contribution in [0.5, 0.6) is 5.75 Å². The molecule has 6 nitrogen and oxygen atoms in total. The number of hydrogen-bond donors (Lipinski definition) is 1. The average molecular weight is 577 g/mol. The van der Waals surface area contributed by atoms with Crippen LogP contribution in [-0.4, -0.2) is 25.6 Å². The highest BCUT2D eigenvalue weighted by Crippen LogP contribution is 2.39. The van der Waals surface area contributed by atoms with Crippen molar-refractivity contribution in [2.45, 2.75) is 44.8 Å². The first kappa shape index (κ1) is 24.1. The molecule has 1 N–H and O–H groups in total. The van der Waals surface area contributed by atoms with Crippen molar-refractivity contribution in [3.63, 3.8) is 0 Å². The number of aromatic nitrogens is 3. The van der Waals surface area contributed by atoms with E-state index in [4.69, 9.17) is 9.72 Å². The Kier molecular flexibility index (Phi) is 6.69. The molecule has 2 heterocycles. The summed E-state index contributed by atoms with van der Waals surface area (Å²) in [4.78, 5) is 21.8. The van der Waals surface area contributed by atoms with Gasteiger partial charge in [0.1, 0.15) is 23.2 Å². The number of hydrogen-bond acceptors (Lipinski definition) is 5. The van der Waals surface area contributed by atoms with Crippen LogP contribution in [-0.2, 0) is 17.9 Å². The predicted octanol–water partition coefficient (Wildman–Crippen LogP) is 7.39. The summed E-state index contributed by atoms with van der Waals surface area (Å²) in [7, 11) is 0. The number of imidazole rings is 1. The maximum absolute atomic E-state index is 12.1. The Bertz CT molecular complexity index is 1540. The van der Waals surface area contributed by atoms with Crippen LogP contribution in [0.3, 0.4) is 0 Å². The Morgan fingerprint density at radius 1 is 1.03 bits per heavy atom. The standard InChI is InChI=1S/C29H26BrN3O3S/c30-19-11-9-18(10-12-19)16-33-25-14-13-20(36-17-27-31-23-7-3-4-8-26(23)37-27)15-24(25)32-28(33)21-5-1-2-6-22(21)29(34)35/h3-4,7-15,21-22H,1-2,5-6,16-17H2,(H,34,35)/t21-,22-/m0/s1. The fraction of sp³-hybridized carbons (Fsp3) is 0.276. The molecule has 0 aliphatic heterocycles. The lowest BCUT2D eigenvalue weighted by Gasteiger charge is -2.28. The van der Waals surface area contributed by atoms with Gasteiger partial charge in [0.15, 0.2) is 0 Å². The molecule has 0 bridgehead atoms. The summed E-state index contributed by atoms with van der Waals surface area (Å²) < 4.78 is 10.5.